The Morgan fingerprint density at radius 1 is 1.21 bits per heavy atom. The lowest BCUT2D eigenvalue weighted by Gasteiger charge is -2.30. The molecule has 7 nitrogen and oxygen atoms in total. The quantitative estimate of drug-likeness (QED) is 0.481. The molecule has 178 valence electrons. The summed E-state index contributed by atoms with van der Waals surface area (Å²) in [6.45, 7) is 4.36. The average Bonchev–Trinajstić information content (AvgIpc) is 3.45. The van der Waals surface area contributed by atoms with Crippen LogP contribution in [0.4, 0.5) is 5.69 Å². The molecule has 2 heterocycles. The van der Waals surface area contributed by atoms with Crippen LogP contribution >= 0.6 is 0 Å². The van der Waals surface area contributed by atoms with Gasteiger partial charge in [0, 0.05) is 30.6 Å². The van der Waals surface area contributed by atoms with Crippen molar-refractivity contribution in [2.75, 3.05) is 32.2 Å². The molecule has 2 aromatic carbocycles. The van der Waals surface area contributed by atoms with Gasteiger partial charge in [-0.15, -0.1) is 0 Å². The summed E-state index contributed by atoms with van der Waals surface area (Å²) in [5.74, 6) is 0.819. The van der Waals surface area contributed by atoms with Crippen molar-refractivity contribution in [2.24, 2.45) is 0 Å². The molecule has 34 heavy (non-hydrogen) atoms. The first-order valence-electron chi connectivity index (χ1n) is 11.9. The highest BCUT2D eigenvalue weighted by atomic mass is 16.6. The molecule has 1 saturated carbocycles. The summed E-state index contributed by atoms with van der Waals surface area (Å²) in [5, 5.41) is 14.1. The van der Waals surface area contributed by atoms with Gasteiger partial charge in [-0.3, -0.25) is 4.79 Å². The predicted molar refractivity (Wildman–Crippen MR) is 132 cm³/mol. The van der Waals surface area contributed by atoms with E-state index in [0.717, 1.165) is 52.2 Å². The maximum atomic E-state index is 9.97. The molecular formula is C27H31N3O4. The fourth-order valence-electron chi connectivity index (χ4n) is 4.46. The third kappa shape index (κ3) is 4.87. The Balaban J connectivity index is 0.000000291. The SMILES string of the molecule is CCOc1ccc2c(c1)c(C#N)c(-c1ccc(NC)cc1)n2C1CCC1.O=COC1CCOC1. The number of aromatic nitrogens is 1. The molecule has 5 rings (SSSR count). The minimum Gasteiger partial charge on any atom is -0.494 e. The van der Waals surface area contributed by atoms with Crippen molar-refractivity contribution in [1.29, 1.82) is 5.26 Å². The van der Waals surface area contributed by atoms with Crippen LogP contribution in [-0.4, -0.2) is 44.0 Å². The first-order valence-corrected chi connectivity index (χ1v) is 11.9. The van der Waals surface area contributed by atoms with Crippen molar-refractivity contribution >= 4 is 23.1 Å². The van der Waals surface area contributed by atoms with E-state index in [9.17, 15) is 10.1 Å². The molecule has 1 unspecified atom stereocenters. The number of rotatable bonds is 7. The first kappa shape index (κ1) is 23.7. The maximum Gasteiger partial charge on any atom is 0.293 e. The van der Waals surface area contributed by atoms with Crippen LogP contribution < -0.4 is 10.1 Å². The molecular weight excluding hydrogens is 430 g/mol. The second-order valence-corrected chi connectivity index (χ2v) is 8.45. The van der Waals surface area contributed by atoms with Crippen molar-refractivity contribution in [3.05, 3.63) is 48.0 Å². The van der Waals surface area contributed by atoms with Crippen LogP contribution in [0.5, 0.6) is 5.75 Å². The van der Waals surface area contributed by atoms with E-state index in [-0.39, 0.29) is 6.10 Å². The van der Waals surface area contributed by atoms with Gasteiger partial charge in [-0.25, -0.2) is 0 Å². The van der Waals surface area contributed by atoms with Crippen molar-refractivity contribution in [2.45, 2.75) is 44.8 Å². The van der Waals surface area contributed by atoms with Gasteiger partial charge in [-0.1, -0.05) is 12.1 Å². The van der Waals surface area contributed by atoms with Gasteiger partial charge in [0.25, 0.3) is 6.47 Å². The van der Waals surface area contributed by atoms with Gasteiger partial charge in [-0.2, -0.15) is 5.26 Å². The monoisotopic (exact) mass is 461 g/mol. The molecule has 0 spiro atoms. The second kappa shape index (κ2) is 11.1. The van der Waals surface area contributed by atoms with E-state index >= 15 is 0 Å². The fraction of sp³-hybridized carbons (Fsp3) is 0.407. The lowest BCUT2D eigenvalue weighted by Crippen LogP contribution is -2.17. The Hall–Kier alpha value is -3.50. The summed E-state index contributed by atoms with van der Waals surface area (Å²) in [6, 6.07) is 17.4. The highest BCUT2D eigenvalue weighted by Gasteiger charge is 2.27. The summed E-state index contributed by atoms with van der Waals surface area (Å²) >= 11 is 0. The molecule has 0 bridgehead atoms. The van der Waals surface area contributed by atoms with Gasteiger partial charge in [0.15, 0.2) is 0 Å². The number of nitrogens with one attached hydrogen (secondary N) is 1. The molecule has 2 aliphatic rings. The maximum absolute atomic E-state index is 9.97. The Morgan fingerprint density at radius 3 is 2.56 bits per heavy atom. The van der Waals surface area contributed by atoms with Crippen molar-refractivity contribution < 1.29 is 19.0 Å². The third-order valence-corrected chi connectivity index (χ3v) is 6.42. The highest BCUT2D eigenvalue weighted by Crippen LogP contribution is 2.43. The standard InChI is InChI=1S/C22H23N3O.C5H8O3/c1-3-26-18-11-12-21-19(13-18)20(14-23)22(25(21)17-5-4-6-17)15-7-9-16(24-2)10-8-15;6-4-8-5-1-2-7-3-5/h7-13,17,24H,3-6H2,1-2H3;4-5H,1-3H2. The summed E-state index contributed by atoms with van der Waals surface area (Å²) in [5.41, 5.74) is 5.05. The number of fused-ring (bicyclic) bond motifs is 1. The van der Waals surface area contributed by atoms with E-state index in [1.165, 1.54) is 19.3 Å². The zero-order valence-electron chi connectivity index (χ0n) is 19.8. The van der Waals surface area contributed by atoms with E-state index in [2.05, 4.69) is 51.0 Å². The molecule has 2 fully saturated rings. The number of carbonyl (C=O) groups is 1. The summed E-state index contributed by atoms with van der Waals surface area (Å²) in [6.07, 6.45) is 4.46. The number of nitrogens with zero attached hydrogens (tertiary/aromatic N) is 2. The van der Waals surface area contributed by atoms with Crippen molar-refractivity contribution in [3.8, 4) is 23.1 Å². The van der Waals surface area contributed by atoms with Crippen LogP contribution in [0.15, 0.2) is 42.5 Å². The number of carbonyl (C=O) groups excluding carboxylic acids is 1. The van der Waals surface area contributed by atoms with Crippen LogP contribution in [0, 0.1) is 11.3 Å². The number of benzene rings is 2. The molecule has 0 amide bonds. The van der Waals surface area contributed by atoms with Gasteiger partial charge in [0.2, 0.25) is 0 Å². The van der Waals surface area contributed by atoms with E-state index in [0.29, 0.717) is 25.7 Å². The zero-order chi connectivity index (χ0) is 23.9. The van der Waals surface area contributed by atoms with Crippen LogP contribution in [0.1, 0.15) is 44.2 Å². The average molecular weight is 462 g/mol. The lowest BCUT2D eigenvalue weighted by molar-refractivity contribution is -0.133. The predicted octanol–water partition coefficient (Wildman–Crippen LogP) is 5.29. The molecule has 7 heteroatoms. The van der Waals surface area contributed by atoms with Gasteiger partial charge in [0.1, 0.15) is 17.9 Å². The Labute approximate surface area is 200 Å². The third-order valence-electron chi connectivity index (χ3n) is 6.42. The van der Waals surface area contributed by atoms with Gasteiger partial charge in [-0.05, 0) is 62.1 Å². The fourth-order valence-corrected chi connectivity index (χ4v) is 4.46. The lowest BCUT2D eigenvalue weighted by atomic mass is 9.92. The van der Waals surface area contributed by atoms with Gasteiger partial charge >= 0.3 is 0 Å². The summed E-state index contributed by atoms with van der Waals surface area (Å²) < 4.78 is 17.6. The zero-order valence-corrected chi connectivity index (χ0v) is 19.8. The minimum atomic E-state index is 0.0208. The van der Waals surface area contributed by atoms with Gasteiger partial charge < -0.3 is 24.1 Å². The Kier molecular flexibility index (Phi) is 7.71. The second-order valence-electron chi connectivity index (χ2n) is 8.45. The van der Waals surface area contributed by atoms with Crippen LogP contribution in [0.2, 0.25) is 0 Å². The largest absolute Gasteiger partial charge is 0.494 e. The molecule has 3 aromatic rings. The molecule has 1 saturated heterocycles. The number of nitriles is 1. The molecule has 1 aliphatic heterocycles. The smallest absolute Gasteiger partial charge is 0.293 e. The molecule has 1 atom stereocenters. The molecule has 1 N–H and O–H groups in total. The first-order chi connectivity index (χ1) is 16.7. The van der Waals surface area contributed by atoms with Crippen LogP contribution in [-0.2, 0) is 14.3 Å². The minimum absolute atomic E-state index is 0.0208. The number of anilines is 1. The van der Waals surface area contributed by atoms with Crippen LogP contribution in [0.3, 0.4) is 0 Å². The van der Waals surface area contributed by atoms with E-state index in [1.54, 1.807) is 0 Å². The molecule has 0 radical (unpaired) electrons. The Bertz CT molecular complexity index is 1150. The van der Waals surface area contributed by atoms with Crippen LogP contribution in [0.25, 0.3) is 22.2 Å². The summed E-state index contributed by atoms with van der Waals surface area (Å²) in [4.78, 5) is 9.68. The van der Waals surface area contributed by atoms with Crippen molar-refractivity contribution in [3.63, 3.8) is 0 Å². The van der Waals surface area contributed by atoms with E-state index < -0.39 is 0 Å². The summed E-state index contributed by atoms with van der Waals surface area (Å²) in [7, 11) is 1.91. The number of hydrogen-bond acceptors (Lipinski definition) is 6. The Morgan fingerprint density at radius 2 is 2.00 bits per heavy atom. The topological polar surface area (TPSA) is 85.5 Å². The van der Waals surface area contributed by atoms with Gasteiger partial charge in [0.05, 0.1) is 36.6 Å². The molecule has 1 aliphatic carbocycles. The van der Waals surface area contributed by atoms with Crippen molar-refractivity contribution in [1.82, 2.24) is 4.57 Å². The van der Waals surface area contributed by atoms with E-state index in [4.69, 9.17) is 9.47 Å². The van der Waals surface area contributed by atoms with E-state index in [1.807, 2.05) is 26.1 Å². The highest BCUT2D eigenvalue weighted by molar-refractivity contribution is 5.95. The normalized spacial score (nSPS) is 17.3. The molecule has 1 aromatic heterocycles. The number of hydrogen-bond donors (Lipinski definition) is 1. The number of ether oxygens (including phenoxy) is 3.